The van der Waals surface area contributed by atoms with Crippen LogP contribution in [0.2, 0.25) is 0 Å². The normalized spacial score (nSPS) is 15.2. The summed E-state index contributed by atoms with van der Waals surface area (Å²) in [5, 5.41) is 3.09. The quantitative estimate of drug-likeness (QED) is 0.533. The summed E-state index contributed by atoms with van der Waals surface area (Å²) in [6.45, 7) is 5.21. The molecule has 1 fully saturated rings. The lowest BCUT2D eigenvalue weighted by Gasteiger charge is -2.23. The molecule has 4 rings (SSSR count). The van der Waals surface area contributed by atoms with Gasteiger partial charge in [0.25, 0.3) is 0 Å². The number of sulfone groups is 1. The Bertz CT molecular complexity index is 1050. The van der Waals surface area contributed by atoms with Crippen LogP contribution in [0.25, 0.3) is 11.5 Å². The van der Waals surface area contributed by atoms with E-state index < -0.39 is 9.84 Å². The fourth-order valence-corrected chi connectivity index (χ4v) is 4.77. The fraction of sp³-hybridized carbons (Fsp3) is 0.318. The molecular weight excluding hydrogens is 402 g/mol. The smallest absolute Gasteiger partial charge is 0.233 e. The number of nitrogens with one attached hydrogen (secondary N) is 2. The van der Waals surface area contributed by atoms with Crippen LogP contribution in [0, 0.1) is 0 Å². The Labute approximate surface area is 176 Å². The van der Waals surface area contributed by atoms with Crippen molar-refractivity contribution < 1.29 is 22.5 Å². The Kier molecular flexibility index (Phi) is 6.47. The Morgan fingerprint density at radius 2 is 1.63 bits per heavy atom. The number of morpholine rings is 1. The predicted octanol–water partition coefficient (Wildman–Crippen LogP) is 1.89. The minimum Gasteiger partial charge on any atom is -0.419 e. The molecule has 0 unspecified atom stereocenters. The Hall–Kier alpha value is -2.68. The number of aromatic nitrogens is 1. The van der Waals surface area contributed by atoms with Gasteiger partial charge in [-0.1, -0.05) is 36.4 Å². The zero-order valence-electron chi connectivity index (χ0n) is 16.7. The van der Waals surface area contributed by atoms with Gasteiger partial charge in [0.05, 0.1) is 24.7 Å². The zero-order valence-corrected chi connectivity index (χ0v) is 17.5. The van der Waals surface area contributed by atoms with Crippen molar-refractivity contribution in [2.24, 2.45) is 0 Å². The summed E-state index contributed by atoms with van der Waals surface area (Å²) >= 11 is 0. The molecule has 8 heteroatoms. The summed E-state index contributed by atoms with van der Waals surface area (Å²) in [5.74, 6) is 0.473. The van der Waals surface area contributed by atoms with Crippen molar-refractivity contribution in [3.63, 3.8) is 0 Å². The summed E-state index contributed by atoms with van der Waals surface area (Å²) in [4.78, 5) is 6.05. The van der Waals surface area contributed by atoms with E-state index in [2.05, 4.69) is 10.3 Å². The number of anilines is 1. The highest BCUT2D eigenvalue weighted by Crippen LogP contribution is 2.32. The van der Waals surface area contributed by atoms with E-state index in [-0.39, 0.29) is 21.7 Å². The molecular formula is C22H26N3O4S+. The Morgan fingerprint density at radius 1 is 0.967 bits per heavy atom. The van der Waals surface area contributed by atoms with Crippen LogP contribution in [-0.2, 0) is 14.6 Å². The third-order valence-electron chi connectivity index (χ3n) is 5.12. The molecule has 0 amide bonds. The van der Waals surface area contributed by atoms with E-state index in [0.717, 1.165) is 44.8 Å². The van der Waals surface area contributed by atoms with Crippen LogP contribution in [0.5, 0.6) is 0 Å². The molecule has 0 bridgehead atoms. The molecule has 0 spiro atoms. The highest BCUT2D eigenvalue weighted by Gasteiger charge is 2.28. The molecule has 3 aromatic rings. The van der Waals surface area contributed by atoms with Crippen LogP contribution < -0.4 is 10.2 Å². The molecule has 1 aliphatic rings. The van der Waals surface area contributed by atoms with Gasteiger partial charge in [-0.05, 0) is 24.3 Å². The third-order valence-corrected chi connectivity index (χ3v) is 6.80. The number of ether oxygens (including phenoxy) is 1. The number of quaternary nitrogens is 1. The summed E-state index contributed by atoms with van der Waals surface area (Å²) in [6, 6.07) is 17.6. The molecule has 0 radical (unpaired) electrons. The van der Waals surface area contributed by atoms with E-state index in [1.807, 2.05) is 30.3 Å². The first kappa shape index (κ1) is 20.6. The molecule has 2 N–H and O–H groups in total. The molecule has 2 heterocycles. The monoisotopic (exact) mass is 428 g/mol. The van der Waals surface area contributed by atoms with Gasteiger partial charge in [-0.25, -0.2) is 8.42 Å². The number of hydrogen-bond acceptors (Lipinski definition) is 6. The number of benzene rings is 2. The van der Waals surface area contributed by atoms with Crippen molar-refractivity contribution in [3.8, 4) is 11.5 Å². The molecule has 1 saturated heterocycles. The molecule has 158 valence electrons. The maximum atomic E-state index is 13.2. The van der Waals surface area contributed by atoms with Gasteiger partial charge in [0, 0.05) is 18.5 Å². The maximum Gasteiger partial charge on any atom is 0.233 e. The highest BCUT2D eigenvalue weighted by atomic mass is 32.2. The molecule has 1 aromatic heterocycles. The Morgan fingerprint density at radius 3 is 2.33 bits per heavy atom. The number of hydrogen-bond donors (Lipinski definition) is 2. The van der Waals surface area contributed by atoms with E-state index >= 15 is 0 Å². The second-order valence-corrected chi connectivity index (χ2v) is 9.09. The third kappa shape index (κ3) is 4.72. The lowest BCUT2D eigenvalue weighted by atomic mass is 10.2. The highest BCUT2D eigenvalue weighted by molar-refractivity contribution is 7.91. The van der Waals surface area contributed by atoms with Gasteiger partial charge in [0.2, 0.25) is 26.6 Å². The lowest BCUT2D eigenvalue weighted by Crippen LogP contribution is -3.14. The van der Waals surface area contributed by atoms with Gasteiger partial charge in [0.1, 0.15) is 13.1 Å². The van der Waals surface area contributed by atoms with Crippen LogP contribution in [0.4, 0.5) is 5.88 Å². The maximum absolute atomic E-state index is 13.2. The summed E-state index contributed by atoms with van der Waals surface area (Å²) in [7, 11) is -3.80. The van der Waals surface area contributed by atoms with Crippen molar-refractivity contribution in [3.05, 3.63) is 60.7 Å². The van der Waals surface area contributed by atoms with E-state index in [0.29, 0.717) is 6.54 Å². The summed E-state index contributed by atoms with van der Waals surface area (Å²) < 4.78 is 37.7. The Balaban J connectivity index is 1.55. The van der Waals surface area contributed by atoms with Crippen molar-refractivity contribution >= 4 is 15.7 Å². The average Bonchev–Trinajstić information content (AvgIpc) is 3.24. The number of rotatable bonds is 8. The van der Waals surface area contributed by atoms with Crippen LogP contribution in [-0.4, -0.2) is 52.8 Å². The van der Waals surface area contributed by atoms with Crippen molar-refractivity contribution in [1.82, 2.24) is 4.98 Å². The second-order valence-electron chi connectivity index (χ2n) is 7.23. The van der Waals surface area contributed by atoms with Crippen LogP contribution >= 0.6 is 0 Å². The first-order valence-electron chi connectivity index (χ1n) is 10.2. The first-order valence-corrected chi connectivity index (χ1v) is 11.6. The molecule has 0 saturated carbocycles. The largest absolute Gasteiger partial charge is 0.419 e. The second kappa shape index (κ2) is 9.42. The SMILES string of the molecule is O=S(=O)(c1ccccc1)c1nc(-c2ccccc2)oc1NCCC[NH+]1CCOCC1. The van der Waals surface area contributed by atoms with Gasteiger partial charge >= 0.3 is 0 Å². The van der Waals surface area contributed by atoms with Gasteiger partial charge in [-0.2, -0.15) is 4.98 Å². The van der Waals surface area contributed by atoms with Crippen molar-refractivity contribution in [2.45, 2.75) is 16.3 Å². The molecule has 0 aliphatic carbocycles. The molecule has 2 aromatic carbocycles. The molecule has 7 nitrogen and oxygen atoms in total. The number of oxazole rings is 1. The van der Waals surface area contributed by atoms with Crippen LogP contribution in [0.3, 0.4) is 0 Å². The van der Waals surface area contributed by atoms with Gasteiger partial charge < -0.3 is 19.4 Å². The van der Waals surface area contributed by atoms with E-state index in [4.69, 9.17) is 9.15 Å². The zero-order chi connectivity index (χ0) is 20.8. The molecule has 1 aliphatic heterocycles. The minimum atomic E-state index is -3.80. The van der Waals surface area contributed by atoms with Gasteiger partial charge in [0.15, 0.2) is 0 Å². The van der Waals surface area contributed by atoms with E-state index in [1.54, 1.807) is 30.3 Å². The molecule has 30 heavy (non-hydrogen) atoms. The first-order chi connectivity index (χ1) is 14.6. The van der Waals surface area contributed by atoms with Crippen LogP contribution in [0.1, 0.15) is 6.42 Å². The lowest BCUT2D eigenvalue weighted by molar-refractivity contribution is -0.908. The summed E-state index contributed by atoms with van der Waals surface area (Å²) in [6.07, 6.45) is 0.890. The van der Waals surface area contributed by atoms with Gasteiger partial charge in [-0.15, -0.1) is 0 Å². The standard InChI is InChI=1S/C22H25N3O4S/c26-30(27,19-10-5-2-6-11-19)22-21(23-12-7-13-25-14-16-28-17-15-25)29-20(24-22)18-8-3-1-4-9-18/h1-6,8-11,23H,7,12-17H2/p+1. The van der Waals surface area contributed by atoms with Crippen molar-refractivity contribution in [2.75, 3.05) is 44.7 Å². The topological polar surface area (TPSA) is 85.9 Å². The number of nitrogens with zero attached hydrogens (tertiary/aromatic N) is 1. The minimum absolute atomic E-state index is 0.0775. The van der Waals surface area contributed by atoms with E-state index in [9.17, 15) is 8.42 Å². The average molecular weight is 429 g/mol. The van der Waals surface area contributed by atoms with Crippen LogP contribution in [0.15, 0.2) is 75.0 Å². The fourth-order valence-electron chi connectivity index (χ4n) is 3.47. The summed E-state index contributed by atoms with van der Waals surface area (Å²) in [5.41, 5.74) is 0.729. The molecule has 0 atom stereocenters. The van der Waals surface area contributed by atoms with E-state index in [1.165, 1.54) is 4.90 Å². The van der Waals surface area contributed by atoms with Crippen molar-refractivity contribution in [1.29, 1.82) is 0 Å². The van der Waals surface area contributed by atoms with Gasteiger partial charge in [-0.3, -0.25) is 0 Å². The predicted molar refractivity (Wildman–Crippen MR) is 113 cm³/mol.